The minimum Gasteiger partial charge on any atom is -0.207 e. The number of halogens is 2. The van der Waals surface area contributed by atoms with Crippen molar-refractivity contribution in [2.24, 2.45) is 0 Å². The molecule has 0 radical (unpaired) electrons. The van der Waals surface area contributed by atoms with Crippen LogP contribution in [0, 0.1) is 12.7 Å². The average molecular weight is 241 g/mol. The SMILES string of the molecule is Cc1c(F)cccc1-n1nnnc1C(C)Cl. The van der Waals surface area contributed by atoms with E-state index < -0.39 is 0 Å². The van der Waals surface area contributed by atoms with Gasteiger partial charge in [-0.2, -0.15) is 4.68 Å². The van der Waals surface area contributed by atoms with Gasteiger partial charge in [0, 0.05) is 5.56 Å². The third-order valence-corrected chi connectivity index (χ3v) is 2.51. The molecule has 0 aliphatic carbocycles. The van der Waals surface area contributed by atoms with Crippen LogP contribution in [0.25, 0.3) is 5.69 Å². The molecule has 1 unspecified atom stereocenters. The first-order valence-electron chi connectivity index (χ1n) is 4.79. The summed E-state index contributed by atoms with van der Waals surface area (Å²) in [7, 11) is 0. The Kier molecular flexibility index (Phi) is 2.87. The normalized spacial score (nSPS) is 12.8. The fraction of sp³-hybridized carbons (Fsp3) is 0.300. The number of benzene rings is 1. The predicted octanol–water partition coefficient (Wildman–Crippen LogP) is 2.41. The number of rotatable bonds is 2. The second kappa shape index (κ2) is 4.17. The van der Waals surface area contributed by atoms with Crippen molar-refractivity contribution in [3.8, 4) is 5.69 Å². The molecule has 2 aromatic rings. The van der Waals surface area contributed by atoms with Crippen molar-refractivity contribution in [3.05, 3.63) is 35.4 Å². The van der Waals surface area contributed by atoms with E-state index in [4.69, 9.17) is 11.6 Å². The minimum absolute atomic E-state index is 0.291. The second-order valence-corrected chi connectivity index (χ2v) is 4.10. The van der Waals surface area contributed by atoms with Crippen molar-refractivity contribution in [1.29, 1.82) is 0 Å². The van der Waals surface area contributed by atoms with Crippen LogP contribution in [-0.2, 0) is 0 Å². The van der Waals surface area contributed by atoms with E-state index in [-0.39, 0.29) is 11.2 Å². The highest BCUT2D eigenvalue weighted by molar-refractivity contribution is 6.20. The molecule has 6 heteroatoms. The maximum atomic E-state index is 13.4. The van der Waals surface area contributed by atoms with Crippen molar-refractivity contribution < 1.29 is 4.39 Å². The summed E-state index contributed by atoms with van der Waals surface area (Å²) in [5.41, 5.74) is 1.10. The lowest BCUT2D eigenvalue weighted by Crippen LogP contribution is -2.06. The fourth-order valence-electron chi connectivity index (χ4n) is 1.44. The second-order valence-electron chi connectivity index (χ2n) is 3.45. The predicted molar refractivity (Wildman–Crippen MR) is 58.1 cm³/mol. The maximum absolute atomic E-state index is 13.4. The standard InChI is InChI=1S/C10H10ClFN4/c1-6-8(12)4-3-5-9(6)16-10(7(2)11)13-14-15-16/h3-5,7H,1-2H3. The Labute approximate surface area is 97.0 Å². The van der Waals surface area contributed by atoms with Crippen LogP contribution in [0.3, 0.4) is 0 Å². The fourth-order valence-corrected chi connectivity index (χ4v) is 1.58. The molecule has 0 bridgehead atoms. The average Bonchev–Trinajstić information content (AvgIpc) is 2.70. The van der Waals surface area contributed by atoms with Crippen molar-refractivity contribution in [2.45, 2.75) is 19.2 Å². The number of alkyl halides is 1. The van der Waals surface area contributed by atoms with E-state index in [2.05, 4.69) is 15.5 Å². The Morgan fingerprint density at radius 1 is 1.44 bits per heavy atom. The van der Waals surface area contributed by atoms with Crippen LogP contribution in [-0.4, -0.2) is 20.2 Å². The maximum Gasteiger partial charge on any atom is 0.174 e. The molecule has 0 spiro atoms. The Morgan fingerprint density at radius 3 is 2.88 bits per heavy atom. The van der Waals surface area contributed by atoms with E-state index in [0.29, 0.717) is 17.1 Å². The highest BCUT2D eigenvalue weighted by Crippen LogP contribution is 2.22. The Bertz CT molecular complexity index is 509. The first-order chi connectivity index (χ1) is 7.61. The molecule has 16 heavy (non-hydrogen) atoms. The summed E-state index contributed by atoms with van der Waals surface area (Å²) in [5.74, 6) is 0.205. The van der Waals surface area contributed by atoms with Gasteiger partial charge in [0.15, 0.2) is 5.82 Å². The summed E-state index contributed by atoms with van der Waals surface area (Å²) < 4.78 is 14.8. The molecule has 1 heterocycles. The van der Waals surface area contributed by atoms with Crippen LogP contribution < -0.4 is 0 Å². The van der Waals surface area contributed by atoms with Crippen molar-refractivity contribution in [2.75, 3.05) is 0 Å². The van der Waals surface area contributed by atoms with E-state index in [0.717, 1.165) is 0 Å². The first-order valence-corrected chi connectivity index (χ1v) is 5.22. The van der Waals surface area contributed by atoms with Crippen molar-refractivity contribution in [3.63, 3.8) is 0 Å². The van der Waals surface area contributed by atoms with Gasteiger partial charge in [0.25, 0.3) is 0 Å². The number of hydrogen-bond acceptors (Lipinski definition) is 3. The van der Waals surface area contributed by atoms with Gasteiger partial charge in [-0.3, -0.25) is 0 Å². The van der Waals surface area contributed by atoms with E-state index in [1.54, 1.807) is 26.0 Å². The topological polar surface area (TPSA) is 43.6 Å². The van der Waals surface area contributed by atoms with Gasteiger partial charge in [0.1, 0.15) is 5.82 Å². The number of hydrogen-bond donors (Lipinski definition) is 0. The van der Waals surface area contributed by atoms with Crippen LogP contribution in [0.2, 0.25) is 0 Å². The van der Waals surface area contributed by atoms with Gasteiger partial charge < -0.3 is 0 Å². The third kappa shape index (κ3) is 1.78. The molecule has 0 amide bonds. The van der Waals surface area contributed by atoms with Gasteiger partial charge in [-0.15, -0.1) is 16.7 Å². The van der Waals surface area contributed by atoms with E-state index in [9.17, 15) is 4.39 Å². The molecular weight excluding hydrogens is 231 g/mol. The molecule has 0 saturated carbocycles. The zero-order valence-corrected chi connectivity index (χ0v) is 9.61. The third-order valence-electron chi connectivity index (χ3n) is 2.32. The van der Waals surface area contributed by atoms with Gasteiger partial charge in [-0.05, 0) is 36.4 Å². The summed E-state index contributed by atoms with van der Waals surface area (Å²) >= 11 is 5.93. The molecule has 1 atom stereocenters. The molecule has 0 fully saturated rings. The van der Waals surface area contributed by atoms with E-state index in [1.165, 1.54) is 10.7 Å². The molecule has 0 aliphatic heterocycles. The zero-order chi connectivity index (χ0) is 11.7. The Hall–Kier alpha value is -1.49. The molecule has 0 aliphatic rings. The Morgan fingerprint density at radius 2 is 2.19 bits per heavy atom. The molecule has 0 saturated heterocycles. The van der Waals surface area contributed by atoms with E-state index in [1.807, 2.05) is 0 Å². The van der Waals surface area contributed by atoms with Gasteiger partial charge in [-0.1, -0.05) is 6.07 Å². The molecule has 4 nitrogen and oxygen atoms in total. The van der Waals surface area contributed by atoms with Crippen LogP contribution in [0.1, 0.15) is 23.7 Å². The van der Waals surface area contributed by atoms with Gasteiger partial charge in [0.05, 0.1) is 11.1 Å². The lowest BCUT2D eigenvalue weighted by Gasteiger charge is -2.08. The molecule has 1 aromatic heterocycles. The molecule has 2 rings (SSSR count). The van der Waals surface area contributed by atoms with Gasteiger partial charge in [-0.25, -0.2) is 4.39 Å². The minimum atomic E-state index is -0.335. The lowest BCUT2D eigenvalue weighted by molar-refractivity contribution is 0.613. The summed E-state index contributed by atoms with van der Waals surface area (Å²) in [5, 5.41) is 10.8. The van der Waals surface area contributed by atoms with Crippen molar-refractivity contribution >= 4 is 11.6 Å². The van der Waals surface area contributed by atoms with Gasteiger partial charge >= 0.3 is 0 Å². The number of aromatic nitrogens is 4. The van der Waals surface area contributed by atoms with Crippen LogP contribution in [0.5, 0.6) is 0 Å². The summed E-state index contributed by atoms with van der Waals surface area (Å²) in [6.45, 7) is 3.44. The van der Waals surface area contributed by atoms with Crippen LogP contribution in [0.4, 0.5) is 4.39 Å². The summed E-state index contributed by atoms with van der Waals surface area (Å²) in [6.07, 6.45) is 0. The molecule has 1 aromatic carbocycles. The monoisotopic (exact) mass is 240 g/mol. The smallest absolute Gasteiger partial charge is 0.174 e. The molecule has 0 N–H and O–H groups in total. The largest absolute Gasteiger partial charge is 0.207 e. The highest BCUT2D eigenvalue weighted by atomic mass is 35.5. The van der Waals surface area contributed by atoms with Crippen LogP contribution >= 0.6 is 11.6 Å². The molecule has 84 valence electrons. The highest BCUT2D eigenvalue weighted by Gasteiger charge is 2.15. The molecular formula is C10H10ClFN4. The lowest BCUT2D eigenvalue weighted by atomic mass is 10.2. The summed E-state index contributed by atoms with van der Waals surface area (Å²) in [6, 6.07) is 4.76. The zero-order valence-electron chi connectivity index (χ0n) is 8.85. The number of nitrogens with zero attached hydrogens (tertiary/aromatic N) is 4. The van der Waals surface area contributed by atoms with E-state index >= 15 is 0 Å². The quantitative estimate of drug-likeness (QED) is 0.757. The van der Waals surface area contributed by atoms with Crippen molar-refractivity contribution in [1.82, 2.24) is 20.2 Å². The van der Waals surface area contributed by atoms with Gasteiger partial charge in [0.2, 0.25) is 0 Å². The van der Waals surface area contributed by atoms with Crippen LogP contribution in [0.15, 0.2) is 18.2 Å². The Balaban J connectivity index is 2.59. The summed E-state index contributed by atoms with van der Waals surface area (Å²) in [4.78, 5) is 0. The first kappa shape index (κ1) is 11.0. The number of tetrazole rings is 1.